The zero-order valence-electron chi connectivity index (χ0n) is 14.2. The molecule has 0 aliphatic carbocycles. The third-order valence-corrected chi connectivity index (χ3v) is 3.68. The predicted octanol–water partition coefficient (Wildman–Crippen LogP) is 1.90. The second kappa shape index (κ2) is 8.96. The van der Waals surface area contributed by atoms with Crippen LogP contribution in [0.15, 0.2) is 48.5 Å². The lowest BCUT2D eigenvalue weighted by molar-refractivity contribution is -0.143. The van der Waals surface area contributed by atoms with Crippen LogP contribution in [-0.2, 0) is 22.6 Å². The number of rotatable bonds is 8. The van der Waals surface area contributed by atoms with E-state index in [1.807, 2.05) is 0 Å². The van der Waals surface area contributed by atoms with Crippen molar-refractivity contribution in [2.24, 2.45) is 0 Å². The van der Waals surface area contributed by atoms with Crippen molar-refractivity contribution < 1.29 is 28.9 Å². The van der Waals surface area contributed by atoms with Crippen molar-refractivity contribution in [1.29, 1.82) is 0 Å². The molecule has 0 saturated carbocycles. The van der Waals surface area contributed by atoms with Crippen LogP contribution in [0.4, 0.5) is 4.39 Å². The molecule has 0 radical (unpaired) electrons. The molecule has 0 bridgehead atoms. The van der Waals surface area contributed by atoms with Gasteiger partial charge in [0.05, 0.1) is 0 Å². The van der Waals surface area contributed by atoms with E-state index in [0.29, 0.717) is 11.3 Å². The first-order chi connectivity index (χ1) is 12.3. The molecule has 1 amide bonds. The van der Waals surface area contributed by atoms with Crippen LogP contribution in [0.1, 0.15) is 18.1 Å². The fourth-order valence-electron chi connectivity index (χ4n) is 2.20. The molecule has 2 aromatic carbocycles. The molecule has 0 aromatic heterocycles. The maximum Gasteiger partial charge on any atom is 0.326 e. The molecule has 0 heterocycles. The average molecular weight is 361 g/mol. The lowest BCUT2D eigenvalue weighted by Crippen LogP contribution is -2.45. The lowest BCUT2D eigenvalue weighted by Gasteiger charge is -2.16. The Hall–Kier alpha value is -2.93. The normalized spacial score (nSPS) is 12.9. The summed E-state index contributed by atoms with van der Waals surface area (Å²) in [6, 6.07) is 11.6. The van der Waals surface area contributed by atoms with Crippen LogP contribution in [0.25, 0.3) is 0 Å². The highest BCUT2D eigenvalue weighted by Gasteiger charge is 2.22. The Kier molecular flexibility index (Phi) is 6.68. The number of ether oxygens (including phenoxy) is 1. The summed E-state index contributed by atoms with van der Waals surface area (Å²) in [4.78, 5) is 22.7. The van der Waals surface area contributed by atoms with Gasteiger partial charge in [-0.1, -0.05) is 24.3 Å². The van der Waals surface area contributed by atoms with Crippen molar-refractivity contribution in [1.82, 2.24) is 5.32 Å². The molecular formula is C19H20FNO5. The van der Waals surface area contributed by atoms with E-state index in [1.165, 1.54) is 19.1 Å². The number of carboxylic acids is 1. The number of hydrogen-bond donors (Lipinski definition) is 3. The zero-order valence-corrected chi connectivity index (χ0v) is 14.2. The van der Waals surface area contributed by atoms with Crippen molar-refractivity contribution in [2.75, 3.05) is 0 Å². The van der Waals surface area contributed by atoms with Gasteiger partial charge in [0.1, 0.15) is 30.3 Å². The highest BCUT2D eigenvalue weighted by atomic mass is 19.1. The molecule has 2 aromatic rings. The van der Waals surface area contributed by atoms with Crippen molar-refractivity contribution >= 4 is 11.9 Å². The molecule has 6 nitrogen and oxygen atoms in total. The molecular weight excluding hydrogens is 341 g/mol. The number of nitrogens with one attached hydrogen (secondary N) is 1. The monoisotopic (exact) mass is 361 g/mol. The molecule has 2 atom stereocenters. The highest BCUT2D eigenvalue weighted by molar-refractivity contribution is 5.86. The Morgan fingerprint density at radius 1 is 1.08 bits per heavy atom. The molecule has 138 valence electrons. The standard InChI is InChI=1S/C19H20FNO5/c1-12(22)18(23)21-17(19(24)25)10-13-4-8-16(9-5-13)26-11-14-2-6-15(20)7-3-14/h2-9,12,17,22H,10-11H2,1H3,(H,21,23)(H,24,25)/t12-,17+/m0/s1. The fraction of sp³-hybridized carbons (Fsp3) is 0.263. The van der Waals surface area contributed by atoms with Crippen LogP contribution >= 0.6 is 0 Å². The van der Waals surface area contributed by atoms with E-state index < -0.39 is 24.0 Å². The van der Waals surface area contributed by atoms with Crippen LogP contribution in [0.5, 0.6) is 5.75 Å². The van der Waals surface area contributed by atoms with Gasteiger partial charge in [-0.15, -0.1) is 0 Å². The summed E-state index contributed by atoms with van der Waals surface area (Å²) in [5.74, 6) is -1.65. The third-order valence-electron chi connectivity index (χ3n) is 3.68. The Morgan fingerprint density at radius 2 is 1.65 bits per heavy atom. The molecule has 2 rings (SSSR count). The summed E-state index contributed by atoms with van der Waals surface area (Å²) in [6.45, 7) is 1.54. The number of aliphatic hydroxyl groups is 1. The molecule has 26 heavy (non-hydrogen) atoms. The van der Waals surface area contributed by atoms with Gasteiger partial charge in [-0.05, 0) is 42.3 Å². The van der Waals surface area contributed by atoms with Gasteiger partial charge in [0.15, 0.2) is 0 Å². The first-order valence-corrected chi connectivity index (χ1v) is 8.02. The molecule has 0 saturated heterocycles. The number of carboxylic acid groups (broad SMARTS) is 1. The van der Waals surface area contributed by atoms with E-state index >= 15 is 0 Å². The second-order valence-corrected chi connectivity index (χ2v) is 5.84. The van der Waals surface area contributed by atoms with Gasteiger partial charge < -0.3 is 20.3 Å². The van der Waals surface area contributed by atoms with Gasteiger partial charge >= 0.3 is 5.97 Å². The van der Waals surface area contributed by atoms with Gasteiger partial charge in [0, 0.05) is 6.42 Å². The van der Waals surface area contributed by atoms with Gasteiger partial charge in [0.25, 0.3) is 0 Å². The summed E-state index contributed by atoms with van der Waals surface area (Å²) in [5.41, 5.74) is 1.51. The number of benzene rings is 2. The van der Waals surface area contributed by atoms with Crippen molar-refractivity contribution in [3.8, 4) is 5.75 Å². The summed E-state index contributed by atoms with van der Waals surface area (Å²) in [6.07, 6.45) is -1.20. The van der Waals surface area contributed by atoms with Crippen molar-refractivity contribution in [2.45, 2.75) is 32.1 Å². The Labute approximate surface area is 150 Å². The Balaban J connectivity index is 1.93. The number of halogens is 1. The zero-order chi connectivity index (χ0) is 19.1. The number of carbonyl (C=O) groups is 2. The fourth-order valence-corrected chi connectivity index (χ4v) is 2.20. The summed E-state index contributed by atoms with van der Waals surface area (Å²) < 4.78 is 18.4. The molecule has 3 N–H and O–H groups in total. The number of aliphatic hydroxyl groups excluding tert-OH is 1. The molecule has 0 unspecified atom stereocenters. The summed E-state index contributed by atoms with van der Waals surface area (Å²) >= 11 is 0. The van der Waals surface area contributed by atoms with Gasteiger partial charge in [-0.3, -0.25) is 4.79 Å². The molecule has 0 aliphatic heterocycles. The first kappa shape index (κ1) is 19.4. The van der Waals surface area contributed by atoms with Crippen LogP contribution < -0.4 is 10.1 Å². The molecule has 0 fully saturated rings. The maximum atomic E-state index is 12.9. The molecule has 7 heteroatoms. The highest BCUT2D eigenvalue weighted by Crippen LogP contribution is 2.16. The Morgan fingerprint density at radius 3 is 2.19 bits per heavy atom. The van der Waals surface area contributed by atoms with Crippen LogP contribution in [-0.4, -0.2) is 34.2 Å². The van der Waals surface area contributed by atoms with Crippen LogP contribution in [0.3, 0.4) is 0 Å². The topological polar surface area (TPSA) is 95.9 Å². The number of hydrogen-bond acceptors (Lipinski definition) is 4. The molecule has 0 spiro atoms. The predicted molar refractivity (Wildman–Crippen MR) is 92.1 cm³/mol. The smallest absolute Gasteiger partial charge is 0.326 e. The quantitative estimate of drug-likeness (QED) is 0.667. The summed E-state index contributed by atoms with van der Waals surface area (Å²) in [5, 5.41) is 20.7. The first-order valence-electron chi connectivity index (χ1n) is 8.02. The minimum atomic E-state index is -1.28. The minimum Gasteiger partial charge on any atom is -0.489 e. The van der Waals surface area contributed by atoms with Crippen molar-refractivity contribution in [3.63, 3.8) is 0 Å². The maximum absolute atomic E-state index is 12.9. The van der Waals surface area contributed by atoms with Gasteiger partial charge in [-0.2, -0.15) is 0 Å². The van der Waals surface area contributed by atoms with Crippen LogP contribution in [0.2, 0.25) is 0 Å². The number of amides is 1. The Bertz CT molecular complexity index is 744. The van der Waals surface area contributed by atoms with Gasteiger partial charge in [-0.25, -0.2) is 9.18 Å². The number of aliphatic carboxylic acids is 1. The largest absolute Gasteiger partial charge is 0.489 e. The lowest BCUT2D eigenvalue weighted by atomic mass is 10.1. The van der Waals surface area contributed by atoms with E-state index in [1.54, 1.807) is 36.4 Å². The van der Waals surface area contributed by atoms with E-state index in [9.17, 15) is 24.2 Å². The van der Waals surface area contributed by atoms with E-state index in [0.717, 1.165) is 5.56 Å². The summed E-state index contributed by atoms with van der Waals surface area (Å²) in [7, 11) is 0. The second-order valence-electron chi connectivity index (χ2n) is 5.84. The SMILES string of the molecule is C[C@H](O)C(=O)N[C@H](Cc1ccc(OCc2ccc(F)cc2)cc1)C(=O)O. The van der Waals surface area contributed by atoms with Crippen molar-refractivity contribution in [3.05, 3.63) is 65.5 Å². The van der Waals surface area contributed by atoms with Gasteiger partial charge in [0.2, 0.25) is 5.91 Å². The van der Waals surface area contributed by atoms with E-state index in [2.05, 4.69) is 5.32 Å². The van der Waals surface area contributed by atoms with Crippen LogP contribution in [0, 0.1) is 5.82 Å². The van der Waals surface area contributed by atoms with E-state index in [4.69, 9.17) is 4.74 Å². The minimum absolute atomic E-state index is 0.0754. The average Bonchev–Trinajstić information content (AvgIpc) is 2.61. The number of carbonyl (C=O) groups excluding carboxylic acids is 1. The molecule has 0 aliphatic rings. The third kappa shape index (κ3) is 5.86. The van der Waals surface area contributed by atoms with E-state index in [-0.39, 0.29) is 18.8 Å².